The molecule has 5 nitrogen and oxygen atoms in total. The van der Waals surface area contributed by atoms with Crippen LogP contribution in [-0.4, -0.2) is 59.5 Å². The number of hydrogen-bond acceptors (Lipinski definition) is 3. The van der Waals surface area contributed by atoms with E-state index in [0.29, 0.717) is 13.1 Å². The number of hydrogen-bond donors (Lipinski definition) is 1. The number of carbonyl (C=O) groups excluding carboxylic acids is 1. The van der Waals surface area contributed by atoms with Crippen LogP contribution in [0.4, 0.5) is 4.39 Å². The number of halogens is 1. The zero-order valence-corrected chi connectivity index (χ0v) is 15.3. The van der Waals surface area contributed by atoms with E-state index in [0.717, 1.165) is 44.1 Å². The van der Waals surface area contributed by atoms with Gasteiger partial charge in [-0.1, -0.05) is 18.6 Å². The van der Waals surface area contributed by atoms with Crippen molar-refractivity contribution in [3.63, 3.8) is 0 Å². The average molecular weight is 362 g/mol. The zero-order valence-electron chi connectivity index (χ0n) is 15.3. The number of carbonyl (C=O) groups is 2. The monoisotopic (exact) mass is 362 g/mol. The standard InChI is InChI=1S/C20H27FN2O3/c1-22(14-18(24)25)17-7-3-11-23(12-8-17)19(26)20(9-4-10-20)15-5-2-6-16(21)13-15/h2,5-6,13,17H,3-4,7-12,14H2,1H3,(H,24,25). The van der Waals surface area contributed by atoms with Crippen molar-refractivity contribution in [3.8, 4) is 0 Å². The molecule has 142 valence electrons. The van der Waals surface area contributed by atoms with Gasteiger partial charge in [-0.05, 0) is 56.8 Å². The summed E-state index contributed by atoms with van der Waals surface area (Å²) in [6.45, 7) is 1.34. The van der Waals surface area contributed by atoms with E-state index in [1.807, 2.05) is 22.9 Å². The molecule has 1 aromatic rings. The van der Waals surface area contributed by atoms with Gasteiger partial charge in [0.1, 0.15) is 5.82 Å². The Hall–Kier alpha value is -1.95. The number of carboxylic acid groups (broad SMARTS) is 1. The summed E-state index contributed by atoms with van der Waals surface area (Å²) in [4.78, 5) is 28.0. The van der Waals surface area contributed by atoms with Crippen LogP contribution in [0.3, 0.4) is 0 Å². The molecule has 2 fully saturated rings. The fourth-order valence-electron chi connectivity index (χ4n) is 4.31. The molecule has 26 heavy (non-hydrogen) atoms. The lowest BCUT2D eigenvalue weighted by atomic mass is 9.63. The number of likely N-dealkylation sites (N-methyl/N-ethyl adjacent to an activating group) is 1. The summed E-state index contributed by atoms with van der Waals surface area (Å²) in [5.41, 5.74) is 0.215. The highest BCUT2D eigenvalue weighted by molar-refractivity contribution is 5.89. The number of rotatable bonds is 5. The Labute approximate surface area is 153 Å². The molecule has 0 radical (unpaired) electrons. The molecular weight excluding hydrogens is 335 g/mol. The Kier molecular flexibility index (Phi) is 5.61. The largest absolute Gasteiger partial charge is 0.480 e. The van der Waals surface area contributed by atoms with Crippen molar-refractivity contribution < 1.29 is 19.1 Å². The number of amides is 1. The molecule has 0 bridgehead atoms. The predicted molar refractivity (Wildman–Crippen MR) is 96.4 cm³/mol. The molecule has 0 spiro atoms. The first-order valence-electron chi connectivity index (χ1n) is 9.40. The molecule has 1 amide bonds. The summed E-state index contributed by atoms with van der Waals surface area (Å²) in [6, 6.07) is 6.63. The van der Waals surface area contributed by atoms with Gasteiger partial charge in [0.25, 0.3) is 0 Å². The molecule has 1 atom stereocenters. The average Bonchev–Trinajstić information content (AvgIpc) is 2.79. The topological polar surface area (TPSA) is 60.9 Å². The Morgan fingerprint density at radius 1 is 1.27 bits per heavy atom. The number of likely N-dealkylation sites (tertiary alicyclic amines) is 1. The second-order valence-corrected chi connectivity index (χ2v) is 7.63. The molecule has 2 aliphatic rings. The molecule has 1 saturated heterocycles. The van der Waals surface area contributed by atoms with Crippen LogP contribution in [0.1, 0.15) is 44.1 Å². The van der Waals surface area contributed by atoms with Gasteiger partial charge in [-0.25, -0.2) is 4.39 Å². The first-order chi connectivity index (χ1) is 12.4. The summed E-state index contributed by atoms with van der Waals surface area (Å²) in [5, 5.41) is 8.98. The van der Waals surface area contributed by atoms with Crippen molar-refractivity contribution in [2.75, 3.05) is 26.7 Å². The molecule has 1 N–H and O–H groups in total. The molecule has 1 unspecified atom stereocenters. The van der Waals surface area contributed by atoms with Gasteiger partial charge >= 0.3 is 5.97 Å². The van der Waals surface area contributed by atoms with E-state index in [1.165, 1.54) is 12.1 Å². The Morgan fingerprint density at radius 3 is 2.65 bits per heavy atom. The Bertz CT molecular complexity index is 675. The minimum atomic E-state index is -0.829. The van der Waals surface area contributed by atoms with E-state index >= 15 is 0 Å². The Morgan fingerprint density at radius 2 is 2.04 bits per heavy atom. The van der Waals surface area contributed by atoms with E-state index in [1.54, 1.807) is 6.07 Å². The number of carboxylic acids is 1. The molecule has 1 aliphatic heterocycles. The lowest BCUT2D eigenvalue weighted by molar-refractivity contribution is -0.141. The van der Waals surface area contributed by atoms with Crippen molar-refractivity contribution in [2.45, 2.75) is 50.0 Å². The zero-order chi connectivity index (χ0) is 18.7. The normalized spacial score (nSPS) is 22.6. The third-order valence-corrected chi connectivity index (χ3v) is 5.99. The smallest absolute Gasteiger partial charge is 0.317 e. The van der Waals surface area contributed by atoms with Gasteiger partial charge in [-0.2, -0.15) is 0 Å². The van der Waals surface area contributed by atoms with Crippen LogP contribution in [0.5, 0.6) is 0 Å². The minimum absolute atomic E-state index is 0.0197. The van der Waals surface area contributed by atoms with Crippen LogP contribution >= 0.6 is 0 Å². The van der Waals surface area contributed by atoms with E-state index in [2.05, 4.69) is 0 Å². The van der Waals surface area contributed by atoms with Crippen molar-refractivity contribution in [3.05, 3.63) is 35.6 Å². The maximum atomic E-state index is 13.7. The van der Waals surface area contributed by atoms with Crippen LogP contribution in [-0.2, 0) is 15.0 Å². The van der Waals surface area contributed by atoms with Gasteiger partial charge in [-0.15, -0.1) is 0 Å². The van der Waals surface area contributed by atoms with Crippen LogP contribution in [0.15, 0.2) is 24.3 Å². The lowest BCUT2D eigenvalue weighted by Gasteiger charge is -2.44. The van der Waals surface area contributed by atoms with Gasteiger partial charge in [0.05, 0.1) is 12.0 Å². The van der Waals surface area contributed by atoms with Gasteiger partial charge in [0.2, 0.25) is 5.91 Å². The van der Waals surface area contributed by atoms with Crippen LogP contribution < -0.4 is 0 Å². The first kappa shape index (κ1) is 18.8. The van der Waals surface area contributed by atoms with Crippen molar-refractivity contribution in [1.29, 1.82) is 0 Å². The molecule has 3 rings (SSSR count). The van der Waals surface area contributed by atoms with Crippen LogP contribution in [0.25, 0.3) is 0 Å². The van der Waals surface area contributed by atoms with Crippen molar-refractivity contribution >= 4 is 11.9 Å². The number of aliphatic carboxylic acids is 1. The fourth-order valence-corrected chi connectivity index (χ4v) is 4.31. The third-order valence-electron chi connectivity index (χ3n) is 5.99. The molecule has 1 saturated carbocycles. The minimum Gasteiger partial charge on any atom is -0.480 e. The quantitative estimate of drug-likeness (QED) is 0.875. The maximum Gasteiger partial charge on any atom is 0.317 e. The molecule has 1 heterocycles. The van der Waals surface area contributed by atoms with Gasteiger partial charge < -0.3 is 10.0 Å². The van der Waals surface area contributed by atoms with E-state index in [-0.39, 0.29) is 24.3 Å². The Balaban J connectivity index is 1.70. The summed E-state index contributed by atoms with van der Waals surface area (Å²) in [7, 11) is 1.83. The summed E-state index contributed by atoms with van der Waals surface area (Å²) >= 11 is 0. The summed E-state index contributed by atoms with van der Waals surface area (Å²) in [6.07, 6.45) is 5.05. The molecule has 1 aliphatic carbocycles. The van der Waals surface area contributed by atoms with E-state index < -0.39 is 11.4 Å². The molecular formula is C20H27FN2O3. The SMILES string of the molecule is CN(CC(=O)O)C1CCCN(C(=O)C2(c3cccc(F)c3)CCC2)CC1. The highest BCUT2D eigenvalue weighted by atomic mass is 19.1. The lowest BCUT2D eigenvalue weighted by Crippen LogP contribution is -2.51. The van der Waals surface area contributed by atoms with Gasteiger partial charge in [0, 0.05) is 19.1 Å². The highest BCUT2D eigenvalue weighted by Gasteiger charge is 2.48. The second kappa shape index (κ2) is 7.74. The van der Waals surface area contributed by atoms with E-state index in [4.69, 9.17) is 5.11 Å². The van der Waals surface area contributed by atoms with Gasteiger partial charge in [0.15, 0.2) is 0 Å². The van der Waals surface area contributed by atoms with Crippen LogP contribution in [0.2, 0.25) is 0 Å². The van der Waals surface area contributed by atoms with Gasteiger partial charge in [-0.3, -0.25) is 14.5 Å². The van der Waals surface area contributed by atoms with Crippen molar-refractivity contribution in [1.82, 2.24) is 9.80 Å². The third kappa shape index (κ3) is 3.75. The molecule has 0 aromatic heterocycles. The maximum absolute atomic E-state index is 13.7. The fraction of sp³-hybridized carbons (Fsp3) is 0.600. The summed E-state index contributed by atoms with van der Waals surface area (Å²) < 4.78 is 13.7. The van der Waals surface area contributed by atoms with Crippen molar-refractivity contribution in [2.24, 2.45) is 0 Å². The first-order valence-corrected chi connectivity index (χ1v) is 9.40. The summed E-state index contributed by atoms with van der Waals surface area (Å²) in [5.74, 6) is -1.02. The second-order valence-electron chi connectivity index (χ2n) is 7.63. The number of benzene rings is 1. The highest BCUT2D eigenvalue weighted by Crippen LogP contribution is 2.45. The molecule has 1 aromatic carbocycles. The van der Waals surface area contributed by atoms with Crippen LogP contribution in [0, 0.1) is 5.82 Å². The molecule has 6 heteroatoms. The number of nitrogens with zero attached hydrogens (tertiary/aromatic N) is 2. The van der Waals surface area contributed by atoms with E-state index in [9.17, 15) is 14.0 Å². The predicted octanol–water partition coefficient (Wildman–Crippen LogP) is 2.64.